The molecule has 0 amide bonds. The summed E-state index contributed by atoms with van der Waals surface area (Å²) in [4.78, 5) is 14.6. The third kappa shape index (κ3) is 5.09. The maximum Gasteiger partial charge on any atom is 0.317 e. The van der Waals surface area contributed by atoms with Crippen molar-refractivity contribution in [1.82, 2.24) is 19.6 Å². The number of para-hydroxylation sites is 1. The van der Waals surface area contributed by atoms with Gasteiger partial charge in [0.1, 0.15) is 5.69 Å². The van der Waals surface area contributed by atoms with Crippen molar-refractivity contribution in [3.63, 3.8) is 0 Å². The third-order valence-corrected chi connectivity index (χ3v) is 4.34. The van der Waals surface area contributed by atoms with Gasteiger partial charge in [-0.1, -0.05) is 6.07 Å². The van der Waals surface area contributed by atoms with Crippen LogP contribution < -0.4 is 0 Å². The van der Waals surface area contributed by atoms with Gasteiger partial charge in [-0.3, -0.25) is 14.6 Å². The van der Waals surface area contributed by atoms with E-state index in [0.717, 1.165) is 0 Å². The molecule has 1 unspecified atom stereocenters. The van der Waals surface area contributed by atoms with Gasteiger partial charge in [0.2, 0.25) is 0 Å². The second-order valence-corrected chi connectivity index (χ2v) is 6.64. The summed E-state index contributed by atoms with van der Waals surface area (Å²) in [5, 5.41) is 13.1. The molecule has 0 aliphatic carbocycles. The second kappa shape index (κ2) is 8.55. The Bertz CT molecular complexity index is 778. The van der Waals surface area contributed by atoms with Crippen LogP contribution in [0, 0.1) is 11.6 Å². The first kappa shape index (κ1) is 19.4. The summed E-state index contributed by atoms with van der Waals surface area (Å²) in [6.45, 7) is 2.86. The highest BCUT2D eigenvalue weighted by atomic mass is 19.1. The van der Waals surface area contributed by atoms with Crippen molar-refractivity contribution in [2.45, 2.75) is 12.6 Å². The fourth-order valence-electron chi connectivity index (χ4n) is 3.19. The number of aliphatic carboxylic acids is 1. The lowest BCUT2D eigenvalue weighted by atomic mass is 10.2. The Balaban J connectivity index is 1.61. The minimum Gasteiger partial charge on any atom is -0.480 e. The number of hydrogen-bond donors (Lipinski definition) is 1. The molecule has 9 heteroatoms. The van der Waals surface area contributed by atoms with Crippen LogP contribution in [0.25, 0.3) is 5.69 Å². The van der Waals surface area contributed by atoms with E-state index >= 15 is 0 Å². The van der Waals surface area contributed by atoms with Crippen LogP contribution in [-0.4, -0.2) is 76.6 Å². The SMILES string of the molecule is CN(CC(=O)O)CC1CN(Cc2ccn(-c3c(F)cccc3F)n2)CCO1. The monoisotopic (exact) mass is 380 g/mol. The summed E-state index contributed by atoms with van der Waals surface area (Å²) in [5.74, 6) is -2.22. The molecule has 1 aromatic heterocycles. The van der Waals surface area contributed by atoms with E-state index in [-0.39, 0.29) is 18.3 Å². The summed E-state index contributed by atoms with van der Waals surface area (Å²) in [7, 11) is 1.74. The van der Waals surface area contributed by atoms with Gasteiger partial charge in [-0.2, -0.15) is 5.10 Å². The number of morpholine rings is 1. The number of rotatable bonds is 7. The molecular formula is C18H22F2N4O3. The average molecular weight is 380 g/mol. The first-order valence-electron chi connectivity index (χ1n) is 8.65. The van der Waals surface area contributed by atoms with E-state index in [1.807, 2.05) is 0 Å². The summed E-state index contributed by atoms with van der Waals surface area (Å²) in [5.41, 5.74) is 0.496. The Morgan fingerprint density at radius 3 is 2.81 bits per heavy atom. The van der Waals surface area contributed by atoms with Crippen LogP contribution in [0.4, 0.5) is 8.78 Å². The molecule has 1 fully saturated rings. The highest BCUT2D eigenvalue weighted by Gasteiger charge is 2.23. The number of carboxylic acids is 1. The molecule has 0 bridgehead atoms. The van der Waals surface area contributed by atoms with E-state index in [2.05, 4.69) is 10.00 Å². The molecule has 2 aromatic rings. The van der Waals surface area contributed by atoms with Gasteiger partial charge in [-0.15, -0.1) is 0 Å². The van der Waals surface area contributed by atoms with E-state index in [1.165, 1.54) is 29.1 Å². The molecule has 1 aromatic carbocycles. The highest BCUT2D eigenvalue weighted by molar-refractivity contribution is 5.69. The van der Waals surface area contributed by atoms with E-state index in [4.69, 9.17) is 9.84 Å². The summed E-state index contributed by atoms with van der Waals surface area (Å²) in [6.07, 6.45) is 1.43. The smallest absolute Gasteiger partial charge is 0.317 e. The van der Waals surface area contributed by atoms with Crippen LogP contribution >= 0.6 is 0 Å². The van der Waals surface area contributed by atoms with Crippen molar-refractivity contribution < 1.29 is 23.4 Å². The number of hydrogen-bond acceptors (Lipinski definition) is 5. The molecule has 1 saturated heterocycles. The number of halogens is 2. The van der Waals surface area contributed by atoms with Crippen LogP contribution in [0.15, 0.2) is 30.5 Å². The van der Waals surface area contributed by atoms with Gasteiger partial charge in [0, 0.05) is 32.4 Å². The second-order valence-electron chi connectivity index (χ2n) is 6.64. The van der Waals surface area contributed by atoms with E-state index in [0.29, 0.717) is 38.5 Å². The molecule has 0 radical (unpaired) electrons. The molecule has 1 N–H and O–H groups in total. The standard InChI is InChI=1S/C18H22F2N4O3/c1-22(12-17(25)26)10-14-11-23(7-8-27-14)9-13-5-6-24(21-13)18-15(19)3-2-4-16(18)20/h2-6,14H,7-12H2,1H3,(H,25,26). The first-order valence-corrected chi connectivity index (χ1v) is 8.65. The topological polar surface area (TPSA) is 70.8 Å². The molecule has 3 rings (SSSR count). The summed E-state index contributed by atoms with van der Waals surface area (Å²) >= 11 is 0. The fourth-order valence-corrected chi connectivity index (χ4v) is 3.19. The summed E-state index contributed by atoms with van der Waals surface area (Å²) < 4.78 is 34.7. The number of likely N-dealkylation sites (N-methyl/N-ethyl adjacent to an activating group) is 1. The quantitative estimate of drug-likeness (QED) is 0.782. The molecule has 2 heterocycles. The Kier molecular flexibility index (Phi) is 6.15. The van der Waals surface area contributed by atoms with Crippen molar-refractivity contribution in [3.05, 3.63) is 47.8 Å². The van der Waals surface area contributed by atoms with Crippen LogP contribution in [0.3, 0.4) is 0 Å². The highest BCUT2D eigenvalue weighted by Crippen LogP contribution is 2.18. The van der Waals surface area contributed by atoms with Gasteiger partial charge < -0.3 is 9.84 Å². The average Bonchev–Trinajstić information content (AvgIpc) is 3.02. The maximum absolute atomic E-state index is 13.9. The van der Waals surface area contributed by atoms with Crippen molar-refractivity contribution in [3.8, 4) is 5.69 Å². The van der Waals surface area contributed by atoms with Crippen LogP contribution in [-0.2, 0) is 16.1 Å². The lowest BCUT2D eigenvalue weighted by molar-refractivity contribution is -0.138. The molecule has 1 atom stereocenters. The van der Waals surface area contributed by atoms with E-state index in [1.54, 1.807) is 18.0 Å². The van der Waals surface area contributed by atoms with Gasteiger partial charge in [0.15, 0.2) is 11.6 Å². The maximum atomic E-state index is 13.9. The van der Waals surface area contributed by atoms with Gasteiger partial charge in [-0.25, -0.2) is 13.5 Å². The number of nitrogens with zero attached hydrogens (tertiary/aromatic N) is 4. The number of carboxylic acid groups (broad SMARTS) is 1. The minimum atomic E-state index is -0.879. The van der Waals surface area contributed by atoms with Crippen molar-refractivity contribution in [2.75, 3.05) is 39.8 Å². The molecule has 7 nitrogen and oxygen atoms in total. The largest absolute Gasteiger partial charge is 0.480 e. The van der Waals surface area contributed by atoms with Gasteiger partial charge in [-0.05, 0) is 25.2 Å². The Morgan fingerprint density at radius 1 is 1.37 bits per heavy atom. The van der Waals surface area contributed by atoms with Crippen molar-refractivity contribution in [2.24, 2.45) is 0 Å². The molecule has 0 spiro atoms. The zero-order chi connectivity index (χ0) is 19.4. The van der Waals surface area contributed by atoms with E-state index in [9.17, 15) is 13.6 Å². The normalized spacial score (nSPS) is 18.1. The third-order valence-electron chi connectivity index (χ3n) is 4.34. The number of carbonyl (C=O) groups is 1. The van der Waals surface area contributed by atoms with E-state index < -0.39 is 17.6 Å². The predicted octanol–water partition coefficient (Wildman–Crippen LogP) is 1.37. The predicted molar refractivity (Wildman–Crippen MR) is 93.6 cm³/mol. The molecule has 146 valence electrons. The number of ether oxygens (including phenoxy) is 1. The van der Waals surface area contributed by atoms with Crippen LogP contribution in [0.1, 0.15) is 5.69 Å². The molecule has 1 aliphatic heterocycles. The van der Waals surface area contributed by atoms with Crippen LogP contribution in [0.5, 0.6) is 0 Å². The molecule has 27 heavy (non-hydrogen) atoms. The Labute approximate surface area is 155 Å². The van der Waals surface area contributed by atoms with Crippen molar-refractivity contribution >= 4 is 5.97 Å². The Hall–Kier alpha value is -2.36. The lowest BCUT2D eigenvalue weighted by Crippen LogP contribution is -2.47. The Morgan fingerprint density at radius 2 is 2.11 bits per heavy atom. The zero-order valence-corrected chi connectivity index (χ0v) is 15.0. The number of benzene rings is 1. The first-order chi connectivity index (χ1) is 12.9. The van der Waals surface area contributed by atoms with Crippen molar-refractivity contribution in [1.29, 1.82) is 0 Å². The van der Waals surface area contributed by atoms with Gasteiger partial charge in [0.05, 0.1) is 24.9 Å². The van der Waals surface area contributed by atoms with Gasteiger partial charge in [0.25, 0.3) is 0 Å². The molecule has 0 saturated carbocycles. The van der Waals surface area contributed by atoms with Gasteiger partial charge >= 0.3 is 5.97 Å². The molecular weight excluding hydrogens is 358 g/mol. The fraction of sp³-hybridized carbons (Fsp3) is 0.444. The summed E-state index contributed by atoms with van der Waals surface area (Å²) in [6, 6.07) is 5.43. The lowest BCUT2D eigenvalue weighted by Gasteiger charge is -2.34. The number of aromatic nitrogens is 2. The van der Waals surface area contributed by atoms with Crippen LogP contribution in [0.2, 0.25) is 0 Å². The zero-order valence-electron chi connectivity index (χ0n) is 15.0. The molecule has 1 aliphatic rings. The minimum absolute atomic E-state index is 0.0432.